The van der Waals surface area contributed by atoms with Crippen molar-refractivity contribution in [3.05, 3.63) is 52.7 Å². The number of nitrogens with one attached hydrogen (secondary N) is 1. The van der Waals surface area contributed by atoms with Gasteiger partial charge in [-0.05, 0) is 19.1 Å². The molecule has 2 unspecified atom stereocenters. The second-order valence-corrected chi connectivity index (χ2v) is 5.39. The molecule has 1 aliphatic heterocycles. The van der Waals surface area contributed by atoms with E-state index in [0.29, 0.717) is 6.54 Å². The molecular formula is C15H12ClFN2O2. The standard InChI is InChI=1S/C15H12ClFN2O2/c1-9-15(8-19-9,11-2-3-20-7-11)21-14-5-12(16)13(17)4-10(14)6-18/h2-5,7,9,19H,8H2,1H3. The van der Waals surface area contributed by atoms with Crippen LogP contribution in [0.25, 0.3) is 0 Å². The van der Waals surface area contributed by atoms with Gasteiger partial charge < -0.3 is 14.5 Å². The summed E-state index contributed by atoms with van der Waals surface area (Å²) in [5.41, 5.74) is 0.316. The van der Waals surface area contributed by atoms with Crippen LogP contribution in [0.15, 0.2) is 35.1 Å². The molecule has 0 saturated carbocycles. The van der Waals surface area contributed by atoms with Crippen LogP contribution in [0, 0.1) is 17.1 Å². The molecule has 0 bridgehead atoms. The van der Waals surface area contributed by atoms with Gasteiger partial charge in [-0.15, -0.1) is 0 Å². The highest BCUT2D eigenvalue weighted by Crippen LogP contribution is 2.39. The Balaban J connectivity index is 2.03. The van der Waals surface area contributed by atoms with Crippen LogP contribution in [0.2, 0.25) is 5.02 Å². The van der Waals surface area contributed by atoms with Gasteiger partial charge in [0.15, 0.2) is 5.60 Å². The van der Waals surface area contributed by atoms with Crippen molar-refractivity contribution in [1.29, 1.82) is 5.26 Å². The fraction of sp³-hybridized carbons (Fsp3) is 0.267. The summed E-state index contributed by atoms with van der Waals surface area (Å²) in [6, 6.07) is 6.18. The molecule has 1 fully saturated rings. The number of nitriles is 1. The zero-order chi connectivity index (χ0) is 15.0. The second-order valence-electron chi connectivity index (χ2n) is 4.98. The second kappa shape index (κ2) is 5.06. The van der Waals surface area contributed by atoms with Crippen LogP contribution in [0.4, 0.5) is 4.39 Å². The van der Waals surface area contributed by atoms with Crippen LogP contribution < -0.4 is 10.1 Å². The van der Waals surface area contributed by atoms with E-state index in [-0.39, 0.29) is 22.4 Å². The lowest BCUT2D eigenvalue weighted by Gasteiger charge is -2.48. The molecule has 108 valence electrons. The lowest BCUT2D eigenvalue weighted by Crippen LogP contribution is -2.67. The van der Waals surface area contributed by atoms with Crippen LogP contribution in [-0.2, 0) is 5.60 Å². The van der Waals surface area contributed by atoms with Gasteiger partial charge in [0, 0.05) is 24.2 Å². The molecule has 0 aliphatic carbocycles. The average molecular weight is 307 g/mol. The van der Waals surface area contributed by atoms with E-state index in [4.69, 9.17) is 26.0 Å². The Morgan fingerprint density at radius 2 is 2.38 bits per heavy atom. The number of benzene rings is 1. The Labute approximate surface area is 126 Å². The number of nitrogens with zero attached hydrogens (tertiary/aromatic N) is 1. The van der Waals surface area contributed by atoms with Crippen molar-refractivity contribution in [3.8, 4) is 11.8 Å². The predicted octanol–water partition coefficient (Wildman–Crippen LogP) is 3.21. The van der Waals surface area contributed by atoms with Gasteiger partial charge in [-0.3, -0.25) is 0 Å². The maximum atomic E-state index is 13.5. The average Bonchev–Trinajstić information content (AvgIpc) is 3.00. The van der Waals surface area contributed by atoms with Crippen LogP contribution in [-0.4, -0.2) is 12.6 Å². The Bertz CT molecular complexity index is 711. The molecule has 0 radical (unpaired) electrons. The number of hydrogen-bond donors (Lipinski definition) is 1. The molecule has 2 aromatic rings. The highest BCUT2D eigenvalue weighted by molar-refractivity contribution is 6.30. The number of rotatable bonds is 3. The Morgan fingerprint density at radius 1 is 1.57 bits per heavy atom. The van der Waals surface area contributed by atoms with Gasteiger partial charge in [-0.2, -0.15) is 5.26 Å². The summed E-state index contributed by atoms with van der Waals surface area (Å²) in [4.78, 5) is 0. The molecular weight excluding hydrogens is 295 g/mol. The van der Waals surface area contributed by atoms with Gasteiger partial charge in [0.1, 0.15) is 17.6 Å². The van der Waals surface area contributed by atoms with Crippen molar-refractivity contribution in [3.63, 3.8) is 0 Å². The summed E-state index contributed by atoms with van der Waals surface area (Å²) in [5.74, 6) is -0.379. The zero-order valence-corrected chi connectivity index (χ0v) is 11.9. The summed E-state index contributed by atoms with van der Waals surface area (Å²) in [7, 11) is 0. The third-order valence-corrected chi connectivity index (χ3v) is 4.10. The number of furan rings is 1. The van der Waals surface area contributed by atoms with Crippen molar-refractivity contribution in [1.82, 2.24) is 5.32 Å². The molecule has 21 heavy (non-hydrogen) atoms. The monoisotopic (exact) mass is 306 g/mol. The zero-order valence-electron chi connectivity index (χ0n) is 11.2. The highest BCUT2D eigenvalue weighted by Gasteiger charge is 2.49. The number of halogens is 2. The van der Waals surface area contributed by atoms with Gasteiger partial charge in [-0.1, -0.05) is 11.6 Å². The quantitative estimate of drug-likeness (QED) is 0.946. The molecule has 1 N–H and O–H groups in total. The van der Waals surface area contributed by atoms with E-state index in [1.54, 1.807) is 12.5 Å². The number of ether oxygens (including phenoxy) is 1. The topological polar surface area (TPSA) is 58.2 Å². The molecule has 0 spiro atoms. The van der Waals surface area contributed by atoms with Crippen molar-refractivity contribution < 1.29 is 13.5 Å². The van der Waals surface area contributed by atoms with E-state index in [2.05, 4.69) is 5.32 Å². The largest absolute Gasteiger partial charge is 0.478 e. The minimum absolute atomic E-state index is 0.0190. The van der Waals surface area contributed by atoms with Crippen molar-refractivity contribution in [2.45, 2.75) is 18.6 Å². The van der Waals surface area contributed by atoms with Gasteiger partial charge in [0.2, 0.25) is 0 Å². The van der Waals surface area contributed by atoms with Crippen LogP contribution in [0.5, 0.6) is 5.75 Å². The first-order chi connectivity index (χ1) is 10.1. The molecule has 4 nitrogen and oxygen atoms in total. The van der Waals surface area contributed by atoms with E-state index in [1.165, 1.54) is 6.07 Å². The van der Waals surface area contributed by atoms with E-state index in [0.717, 1.165) is 11.6 Å². The highest BCUT2D eigenvalue weighted by atomic mass is 35.5. The maximum absolute atomic E-state index is 13.5. The van der Waals surface area contributed by atoms with E-state index in [9.17, 15) is 4.39 Å². The molecule has 2 atom stereocenters. The summed E-state index contributed by atoms with van der Waals surface area (Å²) >= 11 is 5.80. The van der Waals surface area contributed by atoms with E-state index < -0.39 is 11.4 Å². The minimum atomic E-state index is -0.653. The Kier molecular flexibility index (Phi) is 3.36. The summed E-state index contributed by atoms with van der Waals surface area (Å²) < 4.78 is 24.6. The maximum Gasteiger partial charge on any atom is 0.164 e. The summed E-state index contributed by atoms with van der Waals surface area (Å²) in [6.45, 7) is 2.53. The minimum Gasteiger partial charge on any atom is -0.478 e. The molecule has 6 heteroatoms. The Morgan fingerprint density at radius 3 is 2.90 bits per heavy atom. The predicted molar refractivity (Wildman–Crippen MR) is 74.6 cm³/mol. The smallest absolute Gasteiger partial charge is 0.164 e. The summed E-state index contributed by atoms with van der Waals surface area (Å²) in [5, 5.41) is 12.3. The third-order valence-electron chi connectivity index (χ3n) is 3.82. The third kappa shape index (κ3) is 2.17. The van der Waals surface area contributed by atoms with Gasteiger partial charge in [0.05, 0.1) is 23.1 Å². The van der Waals surface area contributed by atoms with Gasteiger partial charge >= 0.3 is 0 Å². The van der Waals surface area contributed by atoms with Crippen LogP contribution in [0.3, 0.4) is 0 Å². The lowest BCUT2D eigenvalue weighted by molar-refractivity contribution is -0.0324. The van der Waals surface area contributed by atoms with Gasteiger partial charge in [0.25, 0.3) is 0 Å². The first kappa shape index (κ1) is 13.9. The summed E-state index contributed by atoms with van der Waals surface area (Å²) in [6.07, 6.45) is 3.17. The molecule has 3 rings (SSSR count). The Hall–Kier alpha value is -2.03. The first-order valence-electron chi connectivity index (χ1n) is 6.41. The first-order valence-corrected chi connectivity index (χ1v) is 6.79. The van der Waals surface area contributed by atoms with Crippen LogP contribution in [0.1, 0.15) is 18.1 Å². The van der Waals surface area contributed by atoms with Crippen molar-refractivity contribution in [2.75, 3.05) is 6.54 Å². The molecule has 0 amide bonds. The molecule has 1 aliphatic rings. The van der Waals surface area contributed by atoms with Crippen LogP contribution >= 0.6 is 11.6 Å². The molecule has 1 saturated heterocycles. The van der Waals surface area contributed by atoms with E-state index >= 15 is 0 Å². The SMILES string of the molecule is CC1NCC1(Oc1cc(Cl)c(F)cc1C#N)c1ccoc1. The lowest BCUT2D eigenvalue weighted by atomic mass is 9.81. The van der Waals surface area contributed by atoms with E-state index in [1.807, 2.05) is 19.1 Å². The molecule has 1 aromatic carbocycles. The molecule has 1 aromatic heterocycles. The fourth-order valence-electron chi connectivity index (χ4n) is 2.43. The van der Waals surface area contributed by atoms with Gasteiger partial charge in [-0.25, -0.2) is 4.39 Å². The fourth-order valence-corrected chi connectivity index (χ4v) is 2.58. The molecule has 2 heterocycles. The number of hydrogen-bond acceptors (Lipinski definition) is 4. The normalized spacial score (nSPS) is 24.2. The van der Waals surface area contributed by atoms with Crippen molar-refractivity contribution >= 4 is 11.6 Å². The van der Waals surface area contributed by atoms with Crippen molar-refractivity contribution in [2.24, 2.45) is 0 Å².